The van der Waals surface area contributed by atoms with Crippen molar-refractivity contribution in [2.45, 2.75) is 24.0 Å². The van der Waals surface area contributed by atoms with E-state index in [9.17, 15) is 17.9 Å². The van der Waals surface area contributed by atoms with Gasteiger partial charge in [0.1, 0.15) is 5.82 Å². The zero-order chi connectivity index (χ0) is 17.0. The molecule has 2 aromatic carbocycles. The number of aliphatic hydroxyl groups is 1. The summed E-state index contributed by atoms with van der Waals surface area (Å²) in [6.45, 7) is 2.03. The summed E-state index contributed by atoms with van der Waals surface area (Å²) in [5, 5.41) is 18.2. The number of primary sulfonamides is 1. The van der Waals surface area contributed by atoms with Crippen molar-refractivity contribution in [2.75, 3.05) is 6.54 Å². The van der Waals surface area contributed by atoms with Crippen LogP contribution in [0.25, 0.3) is 0 Å². The van der Waals surface area contributed by atoms with Gasteiger partial charge in [-0.2, -0.15) is 0 Å². The predicted octanol–water partition coefficient (Wildman–Crippen LogP) is 1.86. The summed E-state index contributed by atoms with van der Waals surface area (Å²) in [6, 6.07) is 12.1. The Labute approximate surface area is 135 Å². The van der Waals surface area contributed by atoms with Crippen molar-refractivity contribution in [3.8, 4) is 0 Å². The third kappa shape index (κ3) is 4.59. The fourth-order valence-electron chi connectivity index (χ4n) is 2.21. The van der Waals surface area contributed by atoms with Crippen LogP contribution >= 0.6 is 0 Å². The minimum atomic E-state index is -3.71. The molecule has 0 aromatic heterocycles. The monoisotopic (exact) mass is 338 g/mol. The van der Waals surface area contributed by atoms with Crippen LogP contribution < -0.4 is 10.5 Å². The smallest absolute Gasteiger partial charge is 0.238 e. The van der Waals surface area contributed by atoms with E-state index in [0.717, 1.165) is 5.56 Å². The second-order valence-corrected chi connectivity index (χ2v) is 6.84. The number of aliphatic hydroxyl groups excluding tert-OH is 1. The molecule has 2 atom stereocenters. The second kappa shape index (κ2) is 7.18. The zero-order valence-corrected chi connectivity index (χ0v) is 13.4. The lowest BCUT2D eigenvalue weighted by atomic mass is 10.1. The first-order chi connectivity index (χ1) is 10.8. The Morgan fingerprint density at radius 1 is 1.17 bits per heavy atom. The number of halogens is 1. The van der Waals surface area contributed by atoms with Gasteiger partial charge in [-0.25, -0.2) is 17.9 Å². The average Bonchev–Trinajstić information content (AvgIpc) is 2.52. The normalized spacial score (nSPS) is 14.4. The third-order valence-electron chi connectivity index (χ3n) is 3.59. The lowest BCUT2D eigenvalue weighted by Crippen LogP contribution is -2.25. The molecule has 0 saturated heterocycles. The maximum atomic E-state index is 13.6. The molecule has 0 aliphatic heterocycles. The van der Waals surface area contributed by atoms with Gasteiger partial charge in [0.2, 0.25) is 10.0 Å². The number of hydrogen-bond donors (Lipinski definition) is 3. The first-order valence-electron chi connectivity index (χ1n) is 7.07. The SMILES string of the molecule is CC(NCC(O)c1ccccc1F)c1ccc(S(N)(=O)=O)cc1. The van der Waals surface area contributed by atoms with Gasteiger partial charge in [-0.05, 0) is 30.7 Å². The van der Waals surface area contributed by atoms with Crippen LogP contribution in [0.4, 0.5) is 4.39 Å². The van der Waals surface area contributed by atoms with Crippen LogP contribution in [0.2, 0.25) is 0 Å². The molecular formula is C16H19FN2O3S. The third-order valence-corrected chi connectivity index (χ3v) is 4.52. The zero-order valence-electron chi connectivity index (χ0n) is 12.6. The van der Waals surface area contributed by atoms with Crippen LogP contribution in [-0.4, -0.2) is 20.1 Å². The van der Waals surface area contributed by atoms with Crippen LogP contribution in [-0.2, 0) is 10.0 Å². The molecule has 2 rings (SSSR count). The molecule has 4 N–H and O–H groups in total. The molecular weight excluding hydrogens is 319 g/mol. The summed E-state index contributed by atoms with van der Waals surface area (Å²) < 4.78 is 36.0. The topological polar surface area (TPSA) is 92.4 Å². The van der Waals surface area contributed by atoms with E-state index in [1.54, 1.807) is 24.3 Å². The highest BCUT2D eigenvalue weighted by molar-refractivity contribution is 7.89. The molecule has 0 radical (unpaired) electrons. The first kappa shape index (κ1) is 17.6. The molecule has 7 heteroatoms. The van der Waals surface area contributed by atoms with Gasteiger partial charge in [0, 0.05) is 18.2 Å². The molecule has 0 heterocycles. The van der Waals surface area contributed by atoms with Crippen molar-refractivity contribution >= 4 is 10.0 Å². The van der Waals surface area contributed by atoms with E-state index in [2.05, 4.69) is 5.32 Å². The highest BCUT2D eigenvalue weighted by Crippen LogP contribution is 2.19. The highest BCUT2D eigenvalue weighted by Gasteiger charge is 2.14. The first-order valence-corrected chi connectivity index (χ1v) is 8.62. The Balaban J connectivity index is 1.99. The molecule has 0 aliphatic carbocycles. The summed E-state index contributed by atoms with van der Waals surface area (Å²) in [4.78, 5) is 0.0415. The minimum absolute atomic E-state index is 0.0415. The molecule has 2 unspecified atom stereocenters. The van der Waals surface area contributed by atoms with Crippen LogP contribution in [0.5, 0.6) is 0 Å². The Morgan fingerprint density at radius 3 is 2.35 bits per heavy atom. The van der Waals surface area contributed by atoms with E-state index in [1.807, 2.05) is 6.92 Å². The van der Waals surface area contributed by atoms with E-state index in [-0.39, 0.29) is 23.0 Å². The van der Waals surface area contributed by atoms with Gasteiger partial charge in [-0.1, -0.05) is 30.3 Å². The van der Waals surface area contributed by atoms with Crippen LogP contribution in [0, 0.1) is 5.82 Å². The lowest BCUT2D eigenvalue weighted by molar-refractivity contribution is 0.166. The molecule has 23 heavy (non-hydrogen) atoms. The summed E-state index contributed by atoms with van der Waals surface area (Å²) in [5.41, 5.74) is 1.06. The second-order valence-electron chi connectivity index (χ2n) is 5.28. The largest absolute Gasteiger partial charge is 0.387 e. The van der Waals surface area contributed by atoms with Gasteiger partial charge in [0.25, 0.3) is 0 Å². The predicted molar refractivity (Wildman–Crippen MR) is 85.6 cm³/mol. The Kier molecular flexibility index (Phi) is 5.48. The van der Waals surface area contributed by atoms with Gasteiger partial charge in [0.05, 0.1) is 11.0 Å². The maximum Gasteiger partial charge on any atom is 0.238 e. The molecule has 0 aliphatic rings. The van der Waals surface area contributed by atoms with Gasteiger partial charge in [0.15, 0.2) is 0 Å². The molecule has 0 amide bonds. The maximum absolute atomic E-state index is 13.6. The number of sulfonamides is 1. The molecule has 124 valence electrons. The highest BCUT2D eigenvalue weighted by atomic mass is 32.2. The lowest BCUT2D eigenvalue weighted by Gasteiger charge is -2.18. The summed E-state index contributed by atoms with van der Waals surface area (Å²) in [6.07, 6.45) is -0.970. The number of rotatable bonds is 6. The number of benzene rings is 2. The molecule has 0 spiro atoms. The van der Waals surface area contributed by atoms with E-state index >= 15 is 0 Å². The van der Waals surface area contributed by atoms with Crippen molar-refractivity contribution in [1.82, 2.24) is 5.32 Å². The van der Waals surface area contributed by atoms with E-state index in [0.29, 0.717) is 0 Å². The van der Waals surface area contributed by atoms with Crippen molar-refractivity contribution in [2.24, 2.45) is 5.14 Å². The number of hydrogen-bond acceptors (Lipinski definition) is 4. The fourth-order valence-corrected chi connectivity index (χ4v) is 2.72. The summed E-state index contributed by atoms with van der Waals surface area (Å²) in [7, 11) is -3.71. The van der Waals surface area contributed by atoms with Crippen LogP contribution in [0.3, 0.4) is 0 Å². The van der Waals surface area contributed by atoms with Crippen LogP contribution in [0.15, 0.2) is 53.4 Å². The molecule has 0 fully saturated rings. The fraction of sp³-hybridized carbons (Fsp3) is 0.250. The van der Waals surface area contributed by atoms with E-state index in [1.165, 1.54) is 24.3 Å². The van der Waals surface area contributed by atoms with Crippen molar-refractivity contribution in [3.63, 3.8) is 0 Å². The summed E-state index contributed by atoms with van der Waals surface area (Å²) >= 11 is 0. The number of nitrogens with one attached hydrogen (secondary N) is 1. The molecule has 5 nitrogen and oxygen atoms in total. The Bertz CT molecular complexity index is 763. The van der Waals surface area contributed by atoms with Crippen molar-refractivity contribution < 1.29 is 17.9 Å². The van der Waals surface area contributed by atoms with Crippen LogP contribution in [0.1, 0.15) is 30.2 Å². The minimum Gasteiger partial charge on any atom is -0.387 e. The van der Waals surface area contributed by atoms with Gasteiger partial charge in [-0.3, -0.25) is 0 Å². The average molecular weight is 338 g/mol. The van der Waals surface area contributed by atoms with E-state index < -0.39 is 21.9 Å². The van der Waals surface area contributed by atoms with E-state index in [4.69, 9.17) is 5.14 Å². The van der Waals surface area contributed by atoms with Gasteiger partial charge in [-0.15, -0.1) is 0 Å². The Morgan fingerprint density at radius 2 is 1.78 bits per heavy atom. The quantitative estimate of drug-likeness (QED) is 0.749. The van der Waals surface area contributed by atoms with Gasteiger partial charge < -0.3 is 10.4 Å². The molecule has 0 bridgehead atoms. The number of nitrogens with two attached hydrogens (primary N) is 1. The Hall–Kier alpha value is -1.80. The standard InChI is InChI=1S/C16H19FN2O3S/c1-11(12-6-8-13(9-7-12)23(18,21)22)19-10-16(20)14-4-2-3-5-15(14)17/h2-9,11,16,19-20H,10H2,1H3,(H2,18,21,22). The summed E-state index contributed by atoms with van der Waals surface area (Å²) in [5.74, 6) is -0.452. The van der Waals surface area contributed by atoms with Crippen molar-refractivity contribution in [3.05, 3.63) is 65.5 Å². The molecule has 2 aromatic rings. The van der Waals surface area contributed by atoms with Gasteiger partial charge >= 0.3 is 0 Å². The van der Waals surface area contributed by atoms with Crippen molar-refractivity contribution in [1.29, 1.82) is 0 Å². The molecule has 0 saturated carbocycles.